The Kier molecular flexibility index (Phi) is 7.53. The van der Waals surface area contributed by atoms with E-state index in [2.05, 4.69) is 15.4 Å². The molecule has 7 nitrogen and oxygen atoms in total. The van der Waals surface area contributed by atoms with Gasteiger partial charge in [-0.2, -0.15) is 8.78 Å². The zero-order chi connectivity index (χ0) is 22.2. The summed E-state index contributed by atoms with van der Waals surface area (Å²) in [6.07, 6.45) is 1.87. The van der Waals surface area contributed by atoms with E-state index in [1.54, 1.807) is 41.3 Å². The lowest BCUT2D eigenvalue weighted by atomic mass is 10.1. The molecule has 0 aromatic heterocycles. The summed E-state index contributed by atoms with van der Waals surface area (Å²) >= 11 is 0. The maximum atomic E-state index is 12.2. The van der Waals surface area contributed by atoms with Crippen molar-refractivity contribution in [2.45, 2.75) is 25.9 Å². The summed E-state index contributed by atoms with van der Waals surface area (Å²) in [7, 11) is 0. The number of carbonyl (C=O) groups excluding carboxylic acids is 3. The number of rotatable bonds is 9. The molecule has 0 bridgehead atoms. The van der Waals surface area contributed by atoms with Gasteiger partial charge in [0.1, 0.15) is 5.75 Å². The van der Waals surface area contributed by atoms with Crippen molar-refractivity contribution in [3.63, 3.8) is 0 Å². The number of nitrogens with zero attached hydrogens (tertiary/aromatic N) is 1. The standard InChI is InChI=1S/C22H23F2N3O4/c23-22(24)31-18-9-3-15(4-10-18)11-12-25-19(28)14-26-21(30)16-5-7-17(8-6-16)27-13-1-2-20(27)29/h3-10,22H,1-2,11-14H2,(H,25,28)(H,26,30). The van der Waals surface area contributed by atoms with Crippen LogP contribution in [0.4, 0.5) is 14.5 Å². The van der Waals surface area contributed by atoms with Crippen LogP contribution < -0.4 is 20.3 Å². The van der Waals surface area contributed by atoms with Gasteiger partial charge in [-0.3, -0.25) is 14.4 Å². The first kappa shape index (κ1) is 22.2. The van der Waals surface area contributed by atoms with Gasteiger partial charge in [0.05, 0.1) is 6.54 Å². The minimum Gasteiger partial charge on any atom is -0.435 e. The van der Waals surface area contributed by atoms with Crippen molar-refractivity contribution in [2.24, 2.45) is 0 Å². The highest BCUT2D eigenvalue weighted by Gasteiger charge is 2.21. The summed E-state index contributed by atoms with van der Waals surface area (Å²) in [4.78, 5) is 37.6. The third kappa shape index (κ3) is 6.50. The third-order valence-electron chi connectivity index (χ3n) is 4.81. The van der Waals surface area contributed by atoms with Gasteiger partial charge in [-0.1, -0.05) is 12.1 Å². The van der Waals surface area contributed by atoms with Crippen LogP contribution in [0.2, 0.25) is 0 Å². The number of benzene rings is 2. The Bertz CT molecular complexity index is 917. The van der Waals surface area contributed by atoms with Crippen LogP contribution >= 0.6 is 0 Å². The molecule has 164 valence electrons. The van der Waals surface area contributed by atoms with E-state index in [1.807, 2.05) is 0 Å². The quantitative estimate of drug-likeness (QED) is 0.639. The number of carbonyl (C=O) groups is 3. The molecule has 0 spiro atoms. The Morgan fingerprint density at radius 2 is 1.74 bits per heavy atom. The summed E-state index contributed by atoms with van der Waals surface area (Å²) in [5.74, 6) is -0.578. The van der Waals surface area contributed by atoms with Crippen molar-refractivity contribution in [2.75, 3.05) is 24.5 Å². The lowest BCUT2D eigenvalue weighted by Crippen LogP contribution is -2.37. The molecule has 9 heteroatoms. The SMILES string of the molecule is O=C(CNC(=O)c1ccc(N2CCCC2=O)cc1)NCCc1ccc(OC(F)F)cc1. The fourth-order valence-corrected chi connectivity index (χ4v) is 3.22. The Balaban J connectivity index is 1.38. The van der Waals surface area contributed by atoms with Crippen LogP contribution in [-0.2, 0) is 16.0 Å². The van der Waals surface area contributed by atoms with Crippen LogP contribution in [0, 0.1) is 0 Å². The number of nitrogens with one attached hydrogen (secondary N) is 2. The second kappa shape index (κ2) is 10.5. The molecule has 3 rings (SSSR count). The molecule has 0 radical (unpaired) electrons. The third-order valence-corrected chi connectivity index (χ3v) is 4.81. The molecule has 0 atom stereocenters. The van der Waals surface area contributed by atoms with Crippen LogP contribution in [-0.4, -0.2) is 44.0 Å². The lowest BCUT2D eigenvalue weighted by molar-refractivity contribution is -0.120. The van der Waals surface area contributed by atoms with Gasteiger partial charge in [0.15, 0.2) is 0 Å². The monoisotopic (exact) mass is 431 g/mol. The first-order valence-corrected chi connectivity index (χ1v) is 9.91. The Morgan fingerprint density at radius 3 is 2.35 bits per heavy atom. The molecule has 1 aliphatic heterocycles. The molecule has 31 heavy (non-hydrogen) atoms. The van der Waals surface area contributed by atoms with Crippen molar-refractivity contribution < 1.29 is 27.9 Å². The van der Waals surface area contributed by atoms with Gasteiger partial charge in [0, 0.05) is 30.8 Å². The first-order chi connectivity index (χ1) is 14.9. The van der Waals surface area contributed by atoms with E-state index in [4.69, 9.17) is 0 Å². The maximum absolute atomic E-state index is 12.2. The van der Waals surface area contributed by atoms with E-state index < -0.39 is 6.61 Å². The van der Waals surface area contributed by atoms with Crippen LogP contribution in [0.1, 0.15) is 28.8 Å². The van der Waals surface area contributed by atoms with E-state index in [0.29, 0.717) is 31.5 Å². The normalized spacial score (nSPS) is 13.4. The number of hydrogen-bond donors (Lipinski definition) is 2. The van der Waals surface area contributed by atoms with Crippen molar-refractivity contribution in [3.8, 4) is 5.75 Å². The number of amides is 3. The molecular weight excluding hydrogens is 408 g/mol. The lowest BCUT2D eigenvalue weighted by Gasteiger charge is -2.15. The second-order valence-electron chi connectivity index (χ2n) is 7.00. The van der Waals surface area contributed by atoms with Gasteiger partial charge in [-0.15, -0.1) is 0 Å². The van der Waals surface area contributed by atoms with Crippen molar-refractivity contribution in [1.82, 2.24) is 10.6 Å². The Hall–Kier alpha value is -3.49. The summed E-state index contributed by atoms with van der Waals surface area (Å²) < 4.78 is 28.5. The van der Waals surface area contributed by atoms with E-state index in [-0.39, 0.29) is 30.0 Å². The average Bonchev–Trinajstić information content (AvgIpc) is 3.19. The van der Waals surface area contributed by atoms with Crippen LogP contribution in [0.3, 0.4) is 0 Å². The highest BCUT2D eigenvalue weighted by atomic mass is 19.3. The molecule has 2 N–H and O–H groups in total. The number of ether oxygens (including phenoxy) is 1. The second-order valence-corrected chi connectivity index (χ2v) is 7.00. The summed E-state index contributed by atoms with van der Waals surface area (Å²) in [6, 6.07) is 12.8. The largest absolute Gasteiger partial charge is 0.435 e. The Morgan fingerprint density at radius 1 is 1.03 bits per heavy atom. The van der Waals surface area contributed by atoms with Gasteiger partial charge in [0.25, 0.3) is 5.91 Å². The molecule has 0 unspecified atom stereocenters. The maximum Gasteiger partial charge on any atom is 0.387 e. The predicted octanol–water partition coefficient (Wildman–Crippen LogP) is 2.50. The number of halogens is 2. The summed E-state index contributed by atoms with van der Waals surface area (Å²) in [6.45, 7) is -2.03. The number of hydrogen-bond acceptors (Lipinski definition) is 4. The van der Waals surface area contributed by atoms with E-state index in [1.165, 1.54) is 12.1 Å². The molecule has 1 fully saturated rings. The van der Waals surface area contributed by atoms with Crippen molar-refractivity contribution in [3.05, 3.63) is 59.7 Å². The molecule has 1 aliphatic rings. The van der Waals surface area contributed by atoms with Gasteiger partial charge in [-0.05, 0) is 54.8 Å². The first-order valence-electron chi connectivity index (χ1n) is 9.91. The minimum absolute atomic E-state index is 0.0746. The van der Waals surface area contributed by atoms with E-state index in [0.717, 1.165) is 17.7 Å². The average molecular weight is 431 g/mol. The van der Waals surface area contributed by atoms with Gasteiger partial charge in [0.2, 0.25) is 11.8 Å². The molecule has 0 aliphatic carbocycles. The zero-order valence-electron chi connectivity index (χ0n) is 16.8. The molecular formula is C22H23F2N3O4. The fraction of sp³-hybridized carbons (Fsp3) is 0.318. The molecule has 0 saturated carbocycles. The fourth-order valence-electron chi connectivity index (χ4n) is 3.22. The van der Waals surface area contributed by atoms with Crippen molar-refractivity contribution in [1.29, 1.82) is 0 Å². The Labute approximate surface area is 178 Å². The van der Waals surface area contributed by atoms with Crippen LogP contribution in [0.5, 0.6) is 5.75 Å². The molecule has 2 aromatic carbocycles. The van der Waals surface area contributed by atoms with Gasteiger partial charge < -0.3 is 20.3 Å². The molecule has 2 aromatic rings. The summed E-state index contributed by atoms with van der Waals surface area (Å²) in [5, 5.41) is 5.24. The number of anilines is 1. The minimum atomic E-state index is -2.87. The molecule has 1 saturated heterocycles. The van der Waals surface area contributed by atoms with E-state index >= 15 is 0 Å². The summed E-state index contributed by atoms with van der Waals surface area (Å²) in [5.41, 5.74) is 2.00. The highest BCUT2D eigenvalue weighted by Crippen LogP contribution is 2.21. The number of alkyl halides is 2. The zero-order valence-corrected chi connectivity index (χ0v) is 16.8. The molecule has 1 heterocycles. The topological polar surface area (TPSA) is 87.7 Å². The van der Waals surface area contributed by atoms with Crippen molar-refractivity contribution >= 4 is 23.4 Å². The van der Waals surface area contributed by atoms with Crippen LogP contribution in [0.25, 0.3) is 0 Å². The van der Waals surface area contributed by atoms with E-state index in [9.17, 15) is 23.2 Å². The predicted molar refractivity (Wildman–Crippen MR) is 110 cm³/mol. The smallest absolute Gasteiger partial charge is 0.387 e. The van der Waals surface area contributed by atoms with Gasteiger partial charge in [-0.25, -0.2) is 0 Å². The van der Waals surface area contributed by atoms with Crippen LogP contribution in [0.15, 0.2) is 48.5 Å². The molecule has 3 amide bonds. The highest BCUT2D eigenvalue weighted by molar-refractivity contribution is 5.98. The van der Waals surface area contributed by atoms with Gasteiger partial charge >= 0.3 is 6.61 Å².